The van der Waals surface area contributed by atoms with Crippen LogP contribution in [-0.2, 0) is 0 Å². The molecular formula is C14H17ClN2O3S. The third-order valence-electron chi connectivity index (χ3n) is 3.38. The van der Waals surface area contributed by atoms with E-state index in [9.17, 15) is 9.59 Å². The van der Waals surface area contributed by atoms with E-state index < -0.39 is 5.97 Å². The van der Waals surface area contributed by atoms with Crippen molar-refractivity contribution >= 4 is 41.1 Å². The van der Waals surface area contributed by atoms with Gasteiger partial charge in [-0.2, -0.15) is 11.8 Å². The minimum Gasteiger partial charge on any atom is -0.478 e. The summed E-state index contributed by atoms with van der Waals surface area (Å²) in [5.74, 6) is -0.00203. The zero-order valence-corrected chi connectivity index (χ0v) is 13.2. The first-order valence-electron chi connectivity index (χ1n) is 6.61. The lowest BCUT2D eigenvalue weighted by atomic mass is 10.1. The Morgan fingerprint density at radius 1 is 1.48 bits per heavy atom. The number of nitrogens with one attached hydrogen (secondary N) is 2. The van der Waals surface area contributed by atoms with Gasteiger partial charge in [0.25, 0.3) is 0 Å². The largest absolute Gasteiger partial charge is 0.478 e. The van der Waals surface area contributed by atoms with Crippen molar-refractivity contribution in [3.63, 3.8) is 0 Å². The molecule has 1 heterocycles. The van der Waals surface area contributed by atoms with Crippen LogP contribution in [0.25, 0.3) is 0 Å². The van der Waals surface area contributed by atoms with E-state index in [1.807, 2.05) is 11.8 Å². The highest BCUT2D eigenvalue weighted by Gasteiger charge is 2.29. The van der Waals surface area contributed by atoms with Gasteiger partial charge < -0.3 is 15.7 Å². The average molecular weight is 329 g/mol. The summed E-state index contributed by atoms with van der Waals surface area (Å²) in [6.45, 7) is 2.72. The third-order valence-corrected chi connectivity index (χ3v) is 5.25. The predicted molar refractivity (Wildman–Crippen MR) is 85.5 cm³/mol. The molecular weight excluding hydrogens is 312 g/mol. The molecule has 3 N–H and O–H groups in total. The van der Waals surface area contributed by atoms with Gasteiger partial charge in [0.2, 0.25) is 0 Å². The molecule has 1 aliphatic heterocycles. The van der Waals surface area contributed by atoms with Crippen molar-refractivity contribution in [3.8, 4) is 0 Å². The Bertz CT molecular complexity index is 559. The number of hydrogen-bond donors (Lipinski definition) is 3. The van der Waals surface area contributed by atoms with E-state index in [1.165, 1.54) is 18.6 Å². The molecule has 1 saturated heterocycles. The molecule has 0 bridgehead atoms. The van der Waals surface area contributed by atoms with Crippen LogP contribution in [-0.4, -0.2) is 34.2 Å². The number of amides is 2. The Kier molecular flexibility index (Phi) is 5.00. The number of carboxylic acid groups (broad SMARTS) is 1. The van der Waals surface area contributed by atoms with Crippen LogP contribution in [0.1, 0.15) is 30.1 Å². The predicted octanol–water partition coefficient (Wildman–Crippen LogP) is 3.45. The van der Waals surface area contributed by atoms with E-state index in [0.717, 1.165) is 12.2 Å². The van der Waals surface area contributed by atoms with E-state index >= 15 is 0 Å². The van der Waals surface area contributed by atoms with Gasteiger partial charge in [-0.05, 0) is 43.7 Å². The lowest BCUT2D eigenvalue weighted by Crippen LogP contribution is -2.39. The van der Waals surface area contributed by atoms with E-state index in [0.29, 0.717) is 12.2 Å². The second kappa shape index (κ2) is 6.58. The van der Waals surface area contributed by atoms with Crippen LogP contribution in [0, 0.1) is 0 Å². The van der Waals surface area contributed by atoms with Gasteiger partial charge in [0.05, 0.1) is 10.6 Å². The molecule has 0 aromatic heterocycles. The molecule has 1 fully saturated rings. The standard InChI is InChI=1S/C14H17ClN2O3S/c1-14(5-2-6-21-14)8-16-13(20)17-9-3-4-11(15)10(7-9)12(18)19/h3-4,7H,2,5-6,8H2,1H3,(H,18,19)(H2,16,17,20). The summed E-state index contributed by atoms with van der Waals surface area (Å²) >= 11 is 7.64. The average Bonchev–Trinajstić information content (AvgIpc) is 2.86. The van der Waals surface area contributed by atoms with Crippen LogP contribution < -0.4 is 10.6 Å². The number of thioether (sulfide) groups is 1. The Balaban J connectivity index is 1.93. The van der Waals surface area contributed by atoms with Gasteiger partial charge in [0, 0.05) is 17.0 Å². The molecule has 2 rings (SSSR count). The summed E-state index contributed by atoms with van der Waals surface area (Å²) in [7, 11) is 0. The van der Waals surface area contributed by atoms with Gasteiger partial charge in [0.15, 0.2) is 0 Å². The van der Waals surface area contributed by atoms with Crippen molar-refractivity contribution in [3.05, 3.63) is 28.8 Å². The number of aromatic carboxylic acids is 1. The molecule has 1 aromatic carbocycles. The Labute approximate surface area is 132 Å². The number of hydrogen-bond acceptors (Lipinski definition) is 3. The van der Waals surface area contributed by atoms with Crippen LogP contribution in [0.3, 0.4) is 0 Å². The van der Waals surface area contributed by atoms with Gasteiger partial charge >= 0.3 is 12.0 Å². The van der Waals surface area contributed by atoms with E-state index in [-0.39, 0.29) is 21.4 Å². The lowest BCUT2D eigenvalue weighted by Gasteiger charge is -2.22. The summed E-state index contributed by atoms with van der Waals surface area (Å²) in [5, 5.41) is 14.6. The fourth-order valence-corrected chi connectivity index (χ4v) is 3.63. The Morgan fingerprint density at radius 2 is 2.24 bits per heavy atom. The van der Waals surface area contributed by atoms with Crippen molar-refractivity contribution in [1.82, 2.24) is 5.32 Å². The molecule has 0 saturated carbocycles. The second-order valence-corrected chi connectivity index (χ2v) is 7.30. The van der Waals surface area contributed by atoms with Gasteiger partial charge in [-0.25, -0.2) is 9.59 Å². The van der Waals surface area contributed by atoms with Gasteiger partial charge in [-0.15, -0.1) is 0 Å². The molecule has 1 unspecified atom stereocenters. The zero-order valence-electron chi connectivity index (χ0n) is 11.6. The third kappa shape index (κ3) is 4.28. The quantitative estimate of drug-likeness (QED) is 0.791. The summed E-state index contributed by atoms with van der Waals surface area (Å²) in [5.41, 5.74) is 0.367. The number of urea groups is 1. The van der Waals surface area contributed by atoms with Gasteiger partial charge in [-0.1, -0.05) is 11.6 Å². The van der Waals surface area contributed by atoms with Crippen LogP contribution in [0.4, 0.5) is 10.5 Å². The maximum Gasteiger partial charge on any atom is 0.337 e. The molecule has 0 aliphatic carbocycles. The molecule has 0 radical (unpaired) electrons. The maximum absolute atomic E-state index is 11.9. The molecule has 2 amide bonds. The molecule has 21 heavy (non-hydrogen) atoms. The number of carbonyl (C=O) groups is 2. The fraction of sp³-hybridized carbons (Fsp3) is 0.429. The number of halogens is 1. The van der Waals surface area contributed by atoms with Crippen LogP contribution in [0.15, 0.2) is 18.2 Å². The van der Waals surface area contributed by atoms with Crippen molar-refractivity contribution in [2.45, 2.75) is 24.5 Å². The first-order chi connectivity index (χ1) is 9.89. The Hall–Kier alpha value is -1.40. The van der Waals surface area contributed by atoms with Gasteiger partial charge in [0.1, 0.15) is 0 Å². The smallest absolute Gasteiger partial charge is 0.337 e. The molecule has 7 heteroatoms. The SMILES string of the molecule is CC1(CNC(=O)Nc2ccc(Cl)c(C(=O)O)c2)CCCS1. The monoisotopic (exact) mass is 328 g/mol. The molecule has 1 atom stereocenters. The number of carbonyl (C=O) groups excluding carboxylic acids is 1. The summed E-state index contributed by atoms with van der Waals surface area (Å²) in [6, 6.07) is 4.02. The molecule has 0 spiro atoms. The number of benzene rings is 1. The second-order valence-electron chi connectivity index (χ2n) is 5.21. The van der Waals surface area contributed by atoms with E-state index in [1.54, 1.807) is 6.07 Å². The molecule has 5 nitrogen and oxygen atoms in total. The minimum atomic E-state index is -1.13. The highest BCUT2D eigenvalue weighted by atomic mass is 35.5. The number of anilines is 1. The van der Waals surface area contributed by atoms with E-state index in [2.05, 4.69) is 17.6 Å². The van der Waals surface area contributed by atoms with Crippen molar-refractivity contribution in [2.24, 2.45) is 0 Å². The fourth-order valence-electron chi connectivity index (χ4n) is 2.19. The first-order valence-corrected chi connectivity index (χ1v) is 7.98. The number of rotatable bonds is 4. The zero-order chi connectivity index (χ0) is 15.5. The van der Waals surface area contributed by atoms with Crippen LogP contribution in [0.5, 0.6) is 0 Å². The highest BCUT2D eigenvalue weighted by molar-refractivity contribution is 8.00. The summed E-state index contributed by atoms with van der Waals surface area (Å²) in [4.78, 5) is 22.9. The summed E-state index contributed by atoms with van der Waals surface area (Å²) in [6.07, 6.45) is 2.26. The van der Waals surface area contributed by atoms with Crippen LogP contribution >= 0.6 is 23.4 Å². The highest BCUT2D eigenvalue weighted by Crippen LogP contribution is 2.36. The Morgan fingerprint density at radius 3 is 2.86 bits per heavy atom. The minimum absolute atomic E-state index is 0.0345. The van der Waals surface area contributed by atoms with Crippen molar-refractivity contribution in [1.29, 1.82) is 0 Å². The van der Waals surface area contributed by atoms with Crippen molar-refractivity contribution < 1.29 is 14.7 Å². The van der Waals surface area contributed by atoms with Crippen LogP contribution in [0.2, 0.25) is 5.02 Å². The maximum atomic E-state index is 11.9. The summed E-state index contributed by atoms with van der Waals surface area (Å²) < 4.78 is 0.0869. The first kappa shape index (κ1) is 16.0. The number of carboxylic acids is 1. The topological polar surface area (TPSA) is 78.4 Å². The molecule has 1 aromatic rings. The van der Waals surface area contributed by atoms with E-state index in [4.69, 9.17) is 16.7 Å². The molecule has 114 valence electrons. The van der Waals surface area contributed by atoms with Crippen molar-refractivity contribution in [2.75, 3.05) is 17.6 Å². The van der Waals surface area contributed by atoms with Gasteiger partial charge in [-0.3, -0.25) is 0 Å². The lowest BCUT2D eigenvalue weighted by molar-refractivity contribution is 0.0697. The molecule has 1 aliphatic rings. The normalized spacial score (nSPS) is 21.0.